The Kier molecular flexibility index (Phi) is 3.32. The highest BCUT2D eigenvalue weighted by atomic mass is 32.1. The van der Waals surface area contributed by atoms with Crippen LogP contribution in [0.2, 0.25) is 0 Å². The molecule has 0 unspecified atom stereocenters. The van der Waals surface area contributed by atoms with Gasteiger partial charge in [-0.2, -0.15) is 5.10 Å². The number of nitrogens with one attached hydrogen (secondary N) is 1. The van der Waals surface area contributed by atoms with E-state index in [9.17, 15) is 9.59 Å². The van der Waals surface area contributed by atoms with Gasteiger partial charge in [0.05, 0.1) is 17.6 Å². The van der Waals surface area contributed by atoms with E-state index in [0.29, 0.717) is 16.9 Å². The van der Waals surface area contributed by atoms with Gasteiger partial charge in [-0.3, -0.25) is 15.0 Å². The third-order valence-corrected chi connectivity index (χ3v) is 4.35. The van der Waals surface area contributed by atoms with Gasteiger partial charge in [-0.25, -0.2) is 10.4 Å². The number of nitrogens with zero attached hydrogens (tertiary/aromatic N) is 3. The molecule has 0 aliphatic heterocycles. The summed E-state index contributed by atoms with van der Waals surface area (Å²) in [7, 11) is 0. The molecule has 3 aromatic rings. The normalized spacial score (nSPS) is 11.0. The van der Waals surface area contributed by atoms with Crippen LogP contribution in [0.4, 0.5) is 0 Å². The average Bonchev–Trinajstić information content (AvgIpc) is 3.09. The molecule has 7 nitrogen and oxygen atoms in total. The van der Waals surface area contributed by atoms with Gasteiger partial charge in [0.2, 0.25) is 0 Å². The SMILES string of the molecule is Cc1sc(C(=O)NN)cc1Cn1ccn2nccc2c1=O. The molecule has 0 aliphatic carbocycles. The second-order valence-electron chi connectivity index (χ2n) is 4.56. The number of rotatable bonds is 3. The number of aromatic nitrogens is 3. The number of fused-ring (bicyclic) bond motifs is 1. The number of hydrazine groups is 1. The van der Waals surface area contributed by atoms with Gasteiger partial charge < -0.3 is 4.57 Å². The van der Waals surface area contributed by atoms with Gasteiger partial charge in [0.1, 0.15) is 5.52 Å². The number of carbonyl (C=O) groups excluding carboxylic acids is 1. The molecule has 0 aromatic carbocycles. The van der Waals surface area contributed by atoms with Crippen molar-refractivity contribution in [2.24, 2.45) is 5.84 Å². The predicted octanol–water partition coefficient (Wildman–Crippen LogP) is 0.518. The fourth-order valence-corrected chi connectivity index (χ4v) is 3.07. The van der Waals surface area contributed by atoms with Gasteiger partial charge in [-0.05, 0) is 24.6 Å². The maximum atomic E-state index is 12.3. The summed E-state index contributed by atoms with van der Waals surface area (Å²) >= 11 is 1.35. The lowest BCUT2D eigenvalue weighted by Gasteiger charge is -2.05. The Morgan fingerprint density at radius 3 is 3.05 bits per heavy atom. The van der Waals surface area contributed by atoms with Gasteiger partial charge in [0.25, 0.3) is 11.5 Å². The number of nitrogen functional groups attached to an aromatic ring is 1. The van der Waals surface area contributed by atoms with E-state index in [4.69, 9.17) is 5.84 Å². The van der Waals surface area contributed by atoms with E-state index in [-0.39, 0.29) is 11.5 Å². The molecular weight excluding hydrogens is 290 g/mol. The Bertz CT molecular complexity index is 876. The first-order chi connectivity index (χ1) is 10.1. The Hall–Kier alpha value is -2.45. The molecule has 3 N–H and O–H groups in total. The molecule has 8 heteroatoms. The minimum absolute atomic E-state index is 0.120. The monoisotopic (exact) mass is 303 g/mol. The number of carbonyl (C=O) groups is 1. The van der Waals surface area contributed by atoms with Crippen LogP contribution >= 0.6 is 11.3 Å². The fraction of sp³-hybridized carbons (Fsp3) is 0.154. The highest BCUT2D eigenvalue weighted by molar-refractivity contribution is 7.14. The van der Waals surface area contributed by atoms with Crippen molar-refractivity contribution in [3.05, 3.63) is 56.4 Å². The van der Waals surface area contributed by atoms with Gasteiger partial charge in [0.15, 0.2) is 0 Å². The second kappa shape index (κ2) is 5.15. The van der Waals surface area contributed by atoms with Crippen LogP contribution in [-0.2, 0) is 6.54 Å². The smallest absolute Gasteiger partial charge is 0.276 e. The Morgan fingerprint density at radius 1 is 1.48 bits per heavy atom. The number of hydrogen-bond acceptors (Lipinski definition) is 5. The van der Waals surface area contributed by atoms with E-state index in [1.807, 2.05) is 6.92 Å². The largest absolute Gasteiger partial charge is 0.308 e. The number of amides is 1. The quantitative estimate of drug-likeness (QED) is 0.419. The standard InChI is InChI=1S/C13H13N5O2S/c1-8-9(6-11(21-8)12(19)16-14)7-17-4-5-18-10(13(17)20)2-3-15-18/h2-6H,7,14H2,1H3,(H,16,19). The van der Waals surface area contributed by atoms with E-state index in [1.54, 1.807) is 35.3 Å². The van der Waals surface area contributed by atoms with Crippen molar-refractivity contribution in [3.8, 4) is 0 Å². The predicted molar refractivity (Wildman–Crippen MR) is 79.3 cm³/mol. The molecule has 0 aliphatic rings. The van der Waals surface area contributed by atoms with Crippen molar-refractivity contribution in [2.45, 2.75) is 13.5 Å². The summed E-state index contributed by atoms with van der Waals surface area (Å²) in [4.78, 5) is 25.4. The maximum absolute atomic E-state index is 12.3. The van der Waals surface area contributed by atoms with Gasteiger partial charge in [0, 0.05) is 17.3 Å². The zero-order valence-corrected chi connectivity index (χ0v) is 12.1. The summed E-state index contributed by atoms with van der Waals surface area (Å²) in [5.74, 6) is 4.81. The van der Waals surface area contributed by atoms with E-state index in [2.05, 4.69) is 10.5 Å². The van der Waals surface area contributed by atoms with Crippen LogP contribution in [0, 0.1) is 6.92 Å². The van der Waals surface area contributed by atoms with Crippen molar-refractivity contribution < 1.29 is 4.79 Å². The van der Waals surface area contributed by atoms with Crippen LogP contribution < -0.4 is 16.8 Å². The minimum Gasteiger partial charge on any atom is -0.308 e. The van der Waals surface area contributed by atoms with Crippen LogP contribution in [0.1, 0.15) is 20.1 Å². The highest BCUT2D eigenvalue weighted by Crippen LogP contribution is 2.22. The number of hydrogen-bond donors (Lipinski definition) is 2. The lowest BCUT2D eigenvalue weighted by atomic mass is 10.2. The zero-order valence-electron chi connectivity index (χ0n) is 11.2. The Balaban J connectivity index is 1.98. The molecule has 0 spiro atoms. The third kappa shape index (κ3) is 2.34. The lowest BCUT2D eigenvalue weighted by Crippen LogP contribution is -2.29. The topological polar surface area (TPSA) is 94.4 Å². The molecule has 3 aromatic heterocycles. The summed E-state index contributed by atoms with van der Waals surface area (Å²) in [5.41, 5.74) is 3.43. The fourth-order valence-electron chi connectivity index (χ4n) is 2.13. The Labute approximate surface area is 123 Å². The number of aryl methyl sites for hydroxylation is 1. The first-order valence-electron chi connectivity index (χ1n) is 6.23. The van der Waals surface area contributed by atoms with Crippen LogP contribution in [0.5, 0.6) is 0 Å². The number of nitrogens with two attached hydrogens (primary N) is 1. The maximum Gasteiger partial charge on any atom is 0.276 e. The summed E-state index contributed by atoms with van der Waals surface area (Å²) in [5, 5.41) is 4.02. The van der Waals surface area contributed by atoms with Crippen molar-refractivity contribution in [3.63, 3.8) is 0 Å². The zero-order chi connectivity index (χ0) is 15.0. The molecule has 108 valence electrons. The molecule has 3 rings (SSSR count). The molecule has 0 atom stereocenters. The average molecular weight is 303 g/mol. The Morgan fingerprint density at radius 2 is 2.29 bits per heavy atom. The summed E-state index contributed by atoms with van der Waals surface area (Å²) in [6, 6.07) is 3.43. The number of thiophene rings is 1. The van der Waals surface area contributed by atoms with E-state index >= 15 is 0 Å². The lowest BCUT2D eigenvalue weighted by molar-refractivity contribution is 0.0957. The van der Waals surface area contributed by atoms with Gasteiger partial charge in [-0.15, -0.1) is 11.3 Å². The highest BCUT2D eigenvalue weighted by Gasteiger charge is 2.12. The van der Waals surface area contributed by atoms with Crippen LogP contribution in [-0.4, -0.2) is 20.1 Å². The molecule has 1 amide bonds. The van der Waals surface area contributed by atoms with Gasteiger partial charge >= 0.3 is 0 Å². The molecule has 0 saturated carbocycles. The molecule has 3 heterocycles. The first-order valence-corrected chi connectivity index (χ1v) is 7.05. The minimum atomic E-state index is -0.326. The van der Waals surface area contributed by atoms with Gasteiger partial charge in [-0.1, -0.05) is 0 Å². The van der Waals surface area contributed by atoms with Crippen molar-refractivity contribution in [1.82, 2.24) is 19.6 Å². The first kappa shape index (κ1) is 13.5. The van der Waals surface area contributed by atoms with Crippen LogP contribution in [0.3, 0.4) is 0 Å². The van der Waals surface area contributed by atoms with E-state index in [0.717, 1.165) is 10.4 Å². The molecule has 0 fully saturated rings. The molecule has 0 radical (unpaired) electrons. The molecule has 0 saturated heterocycles. The molecular formula is C13H13N5O2S. The van der Waals surface area contributed by atoms with Crippen molar-refractivity contribution >= 4 is 22.8 Å². The van der Waals surface area contributed by atoms with E-state index in [1.165, 1.54) is 15.9 Å². The van der Waals surface area contributed by atoms with E-state index < -0.39 is 0 Å². The van der Waals surface area contributed by atoms with Crippen LogP contribution in [0.15, 0.2) is 35.5 Å². The second-order valence-corrected chi connectivity index (χ2v) is 5.81. The summed E-state index contributed by atoms with van der Waals surface area (Å²) in [6.45, 7) is 2.32. The van der Waals surface area contributed by atoms with Crippen LogP contribution in [0.25, 0.3) is 5.52 Å². The summed E-state index contributed by atoms with van der Waals surface area (Å²) in [6.07, 6.45) is 4.99. The molecule has 21 heavy (non-hydrogen) atoms. The molecule has 0 bridgehead atoms. The summed E-state index contributed by atoms with van der Waals surface area (Å²) < 4.78 is 3.13. The van der Waals surface area contributed by atoms with Crippen molar-refractivity contribution in [2.75, 3.05) is 0 Å². The third-order valence-electron chi connectivity index (χ3n) is 3.25. The van der Waals surface area contributed by atoms with Crippen molar-refractivity contribution in [1.29, 1.82) is 0 Å².